The van der Waals surface area contributed by atoms with Crippen LogP contribution in [0.2, 0.25) is 0 Å². The molecule has 0 aliphatic heterocycles. The third-order valence-electron chi connectivity index (χ3n) is 3.39. The summed E-state index contributed by atoms with van der Waals surface area (Å²) in [5, 5.41) is 23.9. The van der Waals surface area contributed by atoms with Crippen molar-refractivity contribution in [2.75, 3.05) is 5.32 Å². The van der Waals surface area contributed by atoms with E-state index in [9.17, 15) is 15.2 Å². The number of aliphatic hydroxyl groups excluding tert-OH is 1. The molecule has 2 N–H and O–H groups in total. The summed E-state index contributed by atoms with van der Waals surface area (Å²) in [6, 6.07) is 6.43. The molecule has 2 unspecified atom stereocenters. The van der Waals surface area contributed by atoms with Gasteiger partial charge in [0.25, 0.3) is 5.69 Å². The first kappa shape index (κ1) is 12.8. The van der Waals surface area contributed by atoms with E-state index in [1.807, 2.05) is 0 Å². The van der Waals surface area contributed by atoms with Crippen LogP contribution in [0.15, 0.2) is 24.3 Å². The Kier molecular flexibility index (Phi) is 4.15. The zero-order chi connectivity index (χ0) is 13.0. The molecule has 0 bridgehead atoms. The average Bonchev–Trinajstić information content (AvgIpc) is 2.55. The van der Waals surface area contributed by atoms with Crippen LogP contribution in [0.25, 0.3) is 0 Å². The van der Waals surface area contributed by atoms with Crippen LogP contribution in [0.1, 0.15) is 32.1 Å². The third kappa shape index (κ3) is 3.20. The monoisotopic (exact) mass is 250 g/mol. The molecule has 2 atom stereocenters. The molecule has 18 heavy (non-hydrogen) atoms. The van der Waals surface area contributed by atoms with Gasteiger partial charge in [0, 0.05) is 17.8 Å². The first-order valence-corrected chi connectivity index (χ1v) is 6.36. The Morgan fingerprint density at radius 2 is 2.06 bits per heavy atom. The lowest BCUT2D eigenvalue weighted by atomic mass is 10.1. The second kappa shape index (κ2) is 5.82. The van der Waals surface area contributed by atoms with Gasteiger partial charge in [-0.15, -0.1) is 0 Å². The molecule has 5 heteroatoms. The van der Waals surface area contributed by atoms with Gasteiger partial charge in [0.2, 0.25) is 0 Å². The van der Waals surface area contributed by atoms with Crippen LogP contribution in [0.3, 0.4) is 0 Å². The van der Waals surface area contributed by atoms with Gasteiger partial charge in [-0.2, -0.15) is 0 Å². The summed E-state index contributed by atoms with van der Waals surface area (Å²) >= 11 is 0. The van der Waals surface area contributed by atoms with Gasteiger partial charge in [0.05, 0.1) is 17.1 Å². The van der Waals surface area contributed by atoms with Crippen molar-refractivity contribution in [3.8, 4) is 0 Å². The Labute approximate surface area is 106 Å². The number of nitro benzene ring substituents is 1. The van der Waals surface area contributed by atoms with Crippen LogP contribution in [0.5, 0.6) is 0 Å². The molecular formula is C13H18N2O3. The summed E-state index contributed by atoms with van der Waals surface area (Å²) < 4.78 is 0. The van der Waals surface area contributed by atoms with Crippen LogP contribution in [0, 0.1) is 10.1 Å². The summed E-state index contributed by atoms with van der Waals surface area (Å²) in [6.45, 7) is 0. The molecule has 0 radical (unpaired) electrons. The largest absolute Gasteiger partial charge is 0.391 e. The van der Waals surface area contributed by atoms with Gasteiger partial charge in [0.15, 0.2) is 0 Å². The number of aliphatic hydroxyl groups is 1. The number of hydrogen-bond acceptors (Lipinski definition) is 4. The highest BCUT2D eigenvalue weighted by Crippen LogP contribution is 2.23. The van der Waals surface area contributed by atoms with Gasteiger partial charge in [-0.1, -0.05) is 25.3 Å². The predicted molar refractivity (Wildman–Crippen MR) is 69.6 cm³/mol. The third-order valence-corrected chi connectivity index (χ3v) is 3.39. The minimum atomic E-state index is -0.408. The number of hydrogen-bond donors (Lipinski definition) is 2. The number of nitro groups is 1. The van der Waals surface area contributed by atoms with E-state index in [1.165, 1.54) is 12.1 Å². The zero-order valence-corrected chi connectivity index (χ0v) is 10.2. The molecule has 1 aromatic carbocycles. The molecule has 0 amide bonds. The van der Waals surface area contributed by atoms with E-state index in [4.69, 9.17) is 0 Å². The average molecular weight is 250 g/mol. The van der Waals surface area contributed by atoms with Crippen LogP contribution in [-0.2, 0) is 0 Å². The molecule has 0 spiro atoms. The van der Waals surface area contributed by atoms with Crippen LogP contribution >= 0.6 is 0 Å². The van der Waals surface area contributed by atoms with Crippen molar-refractivity contribution < 1.29 is 10.0 Å². The number of rotatable bonds is 3. The minimum Gasteiger partial charge on any atom is -0.391 e. The molecule has 5 nitrogen and oxygen atoms in total. The molecule has 1 aromatic rings. The Morgan fingerprint density at radius 3 is 2.83 bits per heavy atom. The Balaban J connectivity index is 2.07. The maximum absolute atomic E-state index is 10.7. The molecule has 1 aliphatic rings. The SMILES string of the molecule is O=[N+]([O-])c1cccc(NC2CCCCCC2O)c1. The number of nitrogens with zero attached hydrogens (tertiary/aromatic N) is 1. The number of non-ortho nitro benzene ring substituents is 1. The van der Waals surface area contributed by atoms with E-state index < -0.39 is 4.92 Å². The highest BCUT2D eigenvalue weighted by Gasteiger charge is 2.21. The Hall–Kier alpha value is -1.62. The second-order valence-electron chi connectivity index (χ2n) is 4.76. The maximum atomic E-state index is 10.7. The highest BCUT2D eigenvalue weighted by molar-refractivity contribution is 5.51. The van der Waals surface area contributed by atoms with Gasteiger partial charge in [-0.25, -0.2) is 0 Å². The highest BCUT2D eigenvalue weighted by atomic mass is 16.6. The van der Waals surface area contributed by atoms with E-state index in [-0.39, 0.29) is 17.8 Å². The van der Waals surface area contributed by atoms with E-state index in [0.717, 1.165) is 32.1 Å². The molecule has 98 valence electrons. The van der Waals surface area contributed by atoms with E-state index in [1.54, 1.807) is 12.1 Å². The number of benzene rings is 1. The number of nitrogens with one attached hydrogen (secondary N) is 1. The quantitative estimate of drug-likeness (QED) is 0.491. The lowest BCUT2D eigenvalue weighted by Crippen LogP contribution is -2.32. The van der Waals surface area contributed by atoms with Crippen LogP contribution in [-0.4, -0.2) is 22.2 Å². The summed E-state index contributed by atoms with van der Waals surface area (Å²) in [4.78, 5) is 10.3. The Morgan fingerprint density at radius 1 is 1.28 bits per heavy atom. The Bertz CT molecular complexity index is 422. The first-order chi connectivity index (χ1) is 8.66. The standard InChI is InChI=1S/C13H18N2O3/c16-13-8-3-1-2-7-12(13)14-10-5-4-6-11(9-10)15(17)18/h4-6,9,12-14,16H,1-3,7-8H2. The summed E-state index contributed by atoms with van der Waals surface area (Å²) in [5.74, 6) is 0. The maximum Gasteiger partial charge on any atom is 0.271 e. The molecule has 0 aromatic heterocycles. The van der Waals surface area contributed by atoms with Crippen molar-refractivity contribution >= 4 is 11.4 Å². The number of anilines is 1. The zero-order valence-electron chi connectivity index (χ0n) is 10.2. The normalized spacial score (nSPS) is 24.3. The van der Waals surface area contributed by atoms with E-state index in [0.29, 0.717) is 5.69 Å². The lowest BCUT2D eigenvalue weighted by molar-refractivity contribution is -0.384. The molecule has 2 rings (SSSR count). The van der Waals surface area contributed by atoms with Crippen molar-refractivity contribution in [1.29, 1.82) is 0 Å². The molecule has 1 saturated carbocycles. The summed E-state index contributed by atoms with van der Waals surface area (Å²) in [6.07, 6.45) is 4.62. The molecule has 0 saturated heterocycles. The van der Waals surface area contributed by atoms with Crippen molar-refractivity contribution in [3.05, 3.63) is 34.4 Å². The van der Waals surface area contributed by atoms with Gasteiger partial charge in [-0.05, 0) is 18.9 Å². The van der Waals surface area contributed by atoms with Crippen molar-refractivity contribution in [3.63, 3.8) is 0 Å². The molecule has 1 aliphatic carbocycles. The lowest BCUT2D eigenvalue weighted by Gasteiger charge is -2.22. The van der Waals surface area contributed by atoms with Gasteiger partial charge < -0.3 is 10.4 Å². The summed E-state index contributed by atoms with van der Waals surface area (Å²) in [7, 11) is 0. The fourth-order valence-electron chi connectivity index (χ4n) is 2.38. The minimum absolute atomic E-state index is 0.00509. The molecule has 0 heterocycles. The van der Waals surface area contributed by atoms with Crippen molar-refractivity contribution in [2.45, 2.75) is 44.2 Å². The van der Waals surface area contributed by atoms with Crippen molar-refractivity contribution in [2.24, 2.45) is 0 Å². The summed E-state index contributed by atoms with van der Waals surface area (Å²) in [5.41, 5.74) is 0.776. The molecule has 1 fully saturated rings. The van der Waals surface area contributed by atoms with Crippen LogP contribution in [0.4, 0.5) is 11.4 Å². The van der Waals surface area contributed by atoms with Gasteiger partial charge in [0.1, 0.15) is 0 Å². The predicted octanol–water partition coefficient (Wildman–Crippen LogP) is 2.70. The van der Waals surface area contributed by atoms with Crippen molar-refractivity contribution in [1.82, 2.24) is 0 Å². The fourth-order valence-corrected chi connectivity index (χ4v) is 2.38. The second-order valence-corrected chi connectivity index (χ2v) is 4.76. The topological polar surface area (TPSA) is 75.4 Å². The van der Waals surface area contributed by atoms with E-state index >= 15 is 0 Å². The molecular weight excluding hydrogens is 232 g/mol. The van der Waals surface area contributed by atoms with Gasteiger partial charge >= 0.3 is 0 Å². The first-order valence-electron chi connectivity index (χ1n) is 6.36. The van der Waals surface area contributed by atoms with Crippen LogP contribution < -0.4 is 5.32 Å². The smallest absolute Gasteiger partial charge is 0.271 e. The fraction of sp³-hybridized carbons (Fsp3) is 0.538. The van der Waals surface area contributed by atoms with Gasteiger partial charge in [-0.3, -0.25) is 10.1 Å². The van der Waals surface area contributed by atoms with E-state index in [2.05, 4.69) is 5.32 Å².